The van der Waals surface area contributed by atoms with Crippen molar-refractivity contribution in [3.8, 4) is 12.3 Å². The summed E-state index contributed by atoms with van der Waals surface area (Å²) in [6.07, 6.45) is 7.30. The molecule has 3 nitrogen and oxygen atoms in total. The van der Waals surface area contributed by atoms with Crippen LogP contribution in [0.4, 0.5) is 0 Å². The molecular weight excluding hydrogens is 248 g/mol. The second-order valence-electron chi connectivity index (χ2n) is 4.01. The van der Waals surface area contributed by atoms with E-state index in [9.17, 15) is 13.2 Å². The van der Waals surface area contributed by atoms with E-state index in [-0.39, 0.29) is 16.4 Å². The number of benzene rings is 1. The predicted octanol–water partition coefficient (Wildman–Crippen LogP) is 2.47. The minimum Gasteiger partial charge on any atom is -0.294 e. The lowest BCUT2D eigenvalue weighted by molar-refractivity contribution is 0.0979. The Kier molecular flexibility index (Phi) is 5.11. The molecule has 1 aromatic rings. The minimum absolute atomic E-state index is 0.0396. The number of ketones is 1. The van der Waals surface area contributed by atoms with Crippen LogP contribution in [0.3, 0.4) is 0 Å². The molecule has 0 atom stereocenters. The number of Topliss-reactive ketones (excluding diaryl/α,β-unsaturated/α-hetero) is 1. The molecule has 0 saturated heterocycles. The maximum Gasteiger partial charge on any atom is 0.189 e. The Balaban J connectivity index is 2.87. The van der Waals surface area contributed by atoms with Crippen molar-refractivity contribution in [1.29, 1.82) is 0 Å². The van der Waals surface area contributed by atoms with Crippen LogP contribution in [0, 0.1) is 12.3 Å². The van der Waals surface area contributed by atoms with Gasteiger partial charge in [-0.3, -0.25) is 4.79 Å². The zero-order valence-electron chi connectivity index (χ0n) is 10.3. The summed E-state index contributed by atoms with van der Waals surface area (Å²) < 4.78 is 23.3. The summed E-state index contributed by atoms with van der Waals surface area (Å²) in [6.45, 7) is 2.02. The number of unbranched alkanes of at least 4 members (excludes halogenated alkanes) is 1. The van der Waals surface area contributed by atoms with Crippen molar-refractivity contribution in [2.75, 3.05) is 5.75 Å². The van der Waals surface area contributed by atoms with E-state index in [0.29, 0.717) is 12.0 Å². The third-order valence-corrected chi connectivity index (χ3v) is 4.10. The van der Waals surface area contributed by atoms with Crippen LogP contribution in [-0.4, -0.2) is 20.0 Å². The zero-order valence-corrected chi connectivity index (χ0v) is 11.2. The van der Waals surface area contributed by atoms with Gasteiger partial charge in [0, 0.05) is 12.0 Å². The SMILES string of the molecule is C#CCS(=O)(=O)c1ccc(C(=O)CCCC)cc1. The third kappa shape index (κ3) is 3.71. The Morgan fingerprint density at radius 3 is 2.39 bits per heavy atom. The predicted molar refractivity (Wildman–Crippen MR) is 71.2 cm³/mol. The first kappa shape index (κ1) is 14.5. The van der Waals surface area contributed by atoms with E-state index in [1.807, 2.05) is 6.92 Å². The van der Waals surface area contributed by atoms with E-state index >= 15 is 0 Å². The Morgan fingerprint density at radius 1 is 1.28 bits per heavy atom. The van der Waals surface area contributed by atoms with Crippen LogP contribution in [0.1, 0.15) is 36.5 Å². The lowest BCUT2D eigenvalue weighted by Crippen LogP contribution is -2.06. The van der Waals surface area contributed by atoms with E-state index in [0.717, 1.165) is 12.8 Å². The normalized spacial score (nSPS) is 10.9. The summed E-state index contributed by atoms with van der Waals surface area (Å²) >= 11 is 0. The molecule has 0 heterocycles. The van der Waals surface area contributed by atoms with Crippen LogP contribution in [0.2, 0.25) is 0 Å². The number of hydrogen-bond acceptors (Lipinski definition) is 3. The van der Waals surface area contributed by atoms with Crippen molar-refractivity contribution >= 4 is 15.6 Å². The molecule has 0 N–H and O–H groups in total. The standard InChI is InChI=1S/C14H16O3S/c1-3-5-6-14(15)12-7-9-13(10-8-12)18(16,17)11-4-2/h2,7-10H,3,5-6,11H2,1H3. The Labute approximate surface area is 108 Å². The maximum atomic E-state index is 11.7. The molecule has 0 bridgehead atoms. The van der Waals surface area contributed by atoms with E-state index < -0.39 is 9.84 Å². The van der Waals surface area contributed by atoms with Crippen LogP contribution >= 0.6 is 0 Å². The van der Waals surface area contributed by atoms with Crippen molar-refractivity contribution < 1.29 is 13.2 Å². The molecule has 0 radical (unpaired) electrons. The fourth-order valence-electron chi connectivity index (χ4n) is 1.52. The molecule has 0 aliphatic heterocycles. The Morgan fingerprint density at radius 2 is 1.89 bits per heavy atom. The molecule has 96 valence electrons. The minimum atomic E-state index is -3.42. The van der Waals surface area contributed by atoms with Crippen LogP contribution in [-0.2, 0) is 9.84 Å². The molecule has 0 fully saturated rings. The van der Waals surface area contributed by atoms with Gasteiger partial charge in [-0.05, 0) is 18.6 Å². The molecular formula is C14H16O3S. The van der Waals surface area contributed by atoms with Gasteiger partial charge < -0.3 is 0 Å². The van der Waals surface area contributed by atoms with Gasteiger partial charge >= 0.3 is 0 Å². The fourth-order valence-corrected chi connectivity index (χ4v) is 2.46. The second-order valence-corrected chi connectivity index (χ2v) is 6.00. The van der Waals surface area contributed by atoms with E-state index in [2.05, 4.69) is 5.92 Å². The molecule has 0 aromatic heterocycles. The van der Waals surface area contributed by atoms with Crippen LogP contribution < -0.4 is 0 Å². The average Bonchev–Trinajstić information content (AvgIpc) is 2.36. The lowest BCUT2D eigenvalue weighted by atomic mass is 10.1. The number of sulfone groups is 1. The highest BCUT2D eigenvalue weighted by Crippen LogP contribution is 2.14. The topological polar surface area (TPSA) is 51.2 Å². The first-order valence-corrected chi connectivity index (χ1v) is 7.46. The molecule has 0 spiro atoms. The van der Waals surface area contributed by atoms with Gasteiger partial charge in [0.25, 0.3) is 0 Å². The highest BCUT2D eigenvalue weighted by Gasteiger charge is 2.13. The first-order valence-electron chi connectivity index (χ1n) is 5.80. The molecule has 0 aliphatic carbocycles. The summed E-state index contributed by atoms with van der Waals surface area (Å²) in [5, 5.41) is 0. The fraction of sp³-hybridized carbons (Fsp3) is 0.357. The maximum absolute atomic E-state index is 11.7. The molecule has 4 heteroatoms. The van der Waals surface area contributed by atoms with Crippen molar-refractivity contribution in [2.24, 2.45) is 0 Å². The summed E-state index contributed by atoms with van der Waals surface area (Å²) in [6, 6.07) is 5.96. The van der Waals surface area contributed by atoms with Crippen molar-refractivity contribution in [3.05, 3.63) is 29.8 Å². The van der Waals surface area contributed by atoms with Gasteiger partial charge in [-0.1, -0.05) is 31.4 Å². The number of rotatable bonds is 6. The zero-order chi connectivity index (χ0) is 13.6. The molecule has 0 amide bonds. The largest absolute Gasteiger partial charge is 0.294 e. The van der Waals surface area contributed by atoms with E-state index in [4.69, 9.17) is 6.42 Å². The molecule has 1 rings (SSSR count). The van der Waals surface area contributed by atoms with Crippen molar-refractivity contribution in [2.45, 2.75) is 31.1 Å². The van der Waals surface area contributed by atoms with Crippen LogP contribution in [0.25, 0.3) is 0 Å². The molecule has 18 heavy (non-hydrogen) atoms. The number of terminal acetylenes is 1. The van der Waals surface area contributed by atoms with Gasteiger partial charge in [0.05, 0.1) is 4.90 Å². The van der Waals surface area contributed by atoms with Crippen molar-refractivity contribution in [1.82, 2.24) is 0 Å². The molecule has 1 aromatic carbocycles. The quantitative estimate of drug-likeness (QED) is 0.586. The summed E-state index contributed by atoms with van der Waals surface area (Å²) in [5.41, 5.74) is 0.545. The summed E-state index contributed by atoms with van der Waals surface area (Å²) in [5.74, 6) is 1.83. The monoisotopic (exact) mass is 264 g/mol. The van der Waals surface area contributed by atoms with Gasteiger partial charge in [-0.15, -0.1) is 6.42 Å². The van der Waals surface area contributed by atoms with Gasteiger partial charge in [0.2, 0.25) is 0 Å². The third-order valence-electron chi connectivity index (χ3n) is 2.57. The van der Waals surface area contributed by atoms with Gasteiger partial charge in [-0.2, -0.15) is 0 Å². The summed E-state index contributed by atoms with van der Waals surface area (Å²) in [4.78, 5) is 11.9. The van der Waals surface area contributed by atoms with E-state index in [1.54, 1.807) is 12.1 Å². The first-order chi connectivity index (χ1) is 8.51. The average molecular weight is 264 g/mol. The van der Waals surface area contributed by atoms with Gasteiger partial charge in [0.15, 0.2) is 15.6 Å². The molecule has 0 aliphatic rings. The van der Waals surface area contributed by atoms with Crippen LogP contribution in [0.15, 0.2) is 29.2 Å². The van der Waals surface area contributed by atoms with Gasteiger partial charge in [0.1, 0.15) is 5.75 Å². The Bertz CT molecular complexity index is 548. The molecule has 0 saturated carbocycles. The van der Waals surface area contributed by atoms with E-state index in [1.165, 1.54) is 12.1 Å². The van der Waals surface area contributed by atoms with Crippen LogP contribution in [0.5, 0.6) is 0 Å². The summed E-state index contributed by atoms with van der Waals surface area (Å²) in [7, 11) is -3.42. The highest BCUT2D eigenvalue weighted by molar-refractivity contribution is 7.91. The second kappa shape index (κ2) is 6.36. The van der Waals surface area contributed by atoms with Crippen molar-refractivity contribution in [3.63, 3.8) is 0 Å². The number of carbonyl (C=O) groups excluding carboxylic acids is 1. The number of carbonyl (C=O) groups is 1. The highest BCUT2D eigenvalue weighted by atomic mass is 32.2. The molecule has 0 unspecified atom stereocenters. The smallest absolute Gasteiger partial charge is 0.189 e. The number of hydrogen-bond donors (Lipinski definition) is 0. The van der Waals surface area contributed by atoms with Gasteiger partial charge in [-0.25, -0.2) is 8.42 Å². The Hall–Kier alpha value is -1.60. The lowest BCUT2D eigenvalue weighted by Gasteiger charge is -2.03.